The Morgan fingerprint density at radius 2 is 1.82 bits per heavy atom. The molecule has 1 unspecified atom stereocenters. The standard InChI is InChI=1S/C13H19NO3/c1-9-6-11(15-2)13(12(7-9)16-3)17-10-4-5-14-8-10/h6-7,10,14H,4-5,8H2,1-3H3. The molecule has 4 nitrogen and oxygen atoms in total. The molecule has 0 radical (unpaired) electrons. The van der Waals surface area contributed by atoms with Crippen molar-refractivity contribution < 1.29 is 14.2 Å². The van der Waals surface area contributed by atoms with Gasteiger partial charge in [0.2, 0.25) is 5.75 Å². The number of hydrogen-bond donors (Lipinski definition) is 1. The average Bonchev–Trinajstić information content (AvgIpc) is 2.83. The summed E-state index contributed by atoms with van der Waals surface area (Å²) in [6.07, 6.45) is 1.21. The normalized spacial score (nSPS) is 19.1. The van der Waals surface area contributed by atoms with E-state index in [1.807, 2.05) is 19.1 Å². The van der Waals surface area contributed by atoms with Gasteiger partial charge < -0.3 is 19.5 Å². The van der Waals surface area contributed by atoms with Gasteiger partial charge in [0.25, 0.3) is 0 Å². The van der Waals surface area contributed by atoms with E-state index in [-0.39, 0.29) is 6.10 Å². The first kappa shape index (κ1) is 12.0. The molecule has 0 amide bonds. The van der Waals surface area contributed by atoms with E-state index in [1.54, 1.807) is 14.2 Å². The zero-order valence-corrected chi connectivity index (χ0v) is 10.6. The van der Waals surface area contributed by atoms with Crippen molar-refractivity contribution in [2.24, 2.45) is 0 Å². The summed E-state index contributed by atoms with van der Waals surface area (Å²) in [4.78, 5) is 0. The summed E-state index contributed by atoms with van der Waals surface area (Å²) >= 11 is 0. The van der Waals surface area contributed by atoms with Crippen molar-refractivity contribution in [1.82, 2.24) is 5.32 Å². The zero-order chi connectivity index (χ0) is 12.3. The molecule has 0 aromatic heterocycles. The molecule has 1 heterocycles. The number of ether oxygens (including phenoxy) is 3. The molecule has 1 aromatic rings. The molecule has 1 atom stereocenters. The minimum absolute atomic E-state index is 0.195. The van der Waals surface area contributed by atoms with E-state index in [0.717, 1.165) is 36.6 Å². The first-order valence-corrected chi connectivity index (χ1v) is 5.84. The van der Waals surface area contributed by atoms with Crippen LogP contribution in [0.15, 0.2) is 12.1 Å². The predicted molar refractivity (Wildman–Crippen MR) is 66.2 cm³/mol. The van der Waals surface area contributed by atoms with Crippen molar-refractivity contribution in [3.05, 3.63) is 17.7 Å². The number of rotatable bonds is 4. The summed E-state index contributed by atoms with van der Waals surface area (Å²) in [5, 5.41) is 3.27. The number of aryl methyl sites for hydroxylation is 1. The number of benzene rings is 1. The molecule has 1 aromatic carbocycles. The quantitative estimate of drug-likeness (QED) is 0.866. The fourth-order valence-electron chi connectivity index (χ4n) is 2.02. The van der Waals surface area contributed by atoms with E-state index in [2.05, 4.69) is 5.32 Å². The van der Waals surface area contributed by atoms with Crippen molar-refractivity contribution in [1.29, 1.82) is 0 Å². The van der Waals surface area contributed by atoms with Crippen LogP contribution in [-0.4, -0.2) is 33.4 Å². The molecular weight excluding hydrogens is 218 g/mol. The highest BCUT2D eigenvalue weighted by Crippen LogP contribution is 2.39. The van der Waals surface area contributed by atoms with Crippen LogP contribution in [0.5, 0.6) is 17.2 Å². The molecule has 94 valence electrons. The lowest BCUT2D eigenvalue weighted by Crippen LogP contribution is -2.20. The fourth-order valence-corrected chi connectivity index (χ4v) is 2.02. The Bertz CT molecular complexity index is 361. The van der Waals surface area contributed by atoms with Gasteiger partial charge in [0, 0.05) is 6.54 Å². The third-order valence-electron chi connectivity index (χ3n) is 2.90. The van der Waals surface area contributed by atoms with Gasteiger partial charge in [0.1, 0.15) is 6.10 Å². The Labute approximate surface area is 102 Å². The van der Waals surface area contributed by atoms with Gasteiger partial charge in [-0.05, 0) is 37.6 Å². The van der Waals surface area contributed by atoms with E-state index >= 15 is 0 Å². The minimum atomic E-state index is 0.195. The first-order valence-electron chi connectivity index (χ1n) is 5.84. The molecule has 1 fully saturated rings. The molecule has 1 aliphatic heterocycles. The highest BCUT2D eigenvalue weighted by Gasteiger charge is 2.21. The van der Waals surface area contributed by atoms with Crippen LogP contribution in [0.1, 0.15) is 12.0 Å². The summed E-state index contributed by atoms with van der Waals surface area (Å²) in [5.41, 5.74) is 1.09. The highest BCUT2D eigenvalue weighted by atomic mass is 16.5. The second-order valence-corrected chi connectivity index (χ2v) is 4.23. The summed E-state index contributed by atoms with van der Waals surface area (Å²) < 4.78 is 16.7. The predicted octanol–water partition coefficient (Wildman–Crippen LogP) is 1.75. The molecule has 0 bridgehead atoms. The minimum Gasteiger partial charge on any atom is -0.493 e. The number of hydrogen-bond acceptors (Lipinski definition) is 4. The second kappa shape index (κ2) is 5.27. The topological polar surface area (TPSA) is 39.7 Å². The number of nitrogens with one attached hydrogen (secondary N) is 1. The third-order valence-corrected chi connectivity index (χ3v) is 2.90. The van der Waals surface area contributed by atoms with Crippen LogP contribution < -0.4 is 19.5 Å². The first-order chi connectivity index (χ1) is 8.24. The Balaban J connectivity index is 2.28. The van der Waals surface area contributed by atoms with Gasteiger partial charge in [-0.1, -0.05) is 0 Å². The van der Waals surface area contributed by atoms with Crippen LogP contribution in [-0.2, 0) is 0 Å². The molecule has 0 aliphatic carbocycles. The Morgan fingerprint density at radius 1 is 1.18 bits per heavy atom. The lowest BCUT2D eigenvalue weighted by Gasteiger charge is -2.18. The SMILES string of the molecule is COc1cc(C)cc(OC)c1OC1CCNC1. The van der Waals surface area contributed by atoms with Gasteiger partial charge in [-0.2, -0.15) is 0 Å². The molecular formula is C13H19NO3. The maximum Gasteiger partial charge on any atom is 0.203 e. The largest absolute Gasteiger partial charge is 0.493 e. The van der Waals surface area contributed by atoms with Crippen LogP contribution >= 0.6 is 0 Å². The Hall–Kier alpha value is -1.42. The molecule has 1 saturated heterocycles. The summed E-state index contributed by atoms with van der Waals surface area (Å²) in [5.74, 6) is 2.16. The van der Waals surface area contributed by atoms with Gasteiger partial charge in [-0.15, -0.1) is 0 Å². The molecule has 0 saturated carbocycles. The zero-order valence-electron chi connectivity index (χ0n) is 10.6. The molecule has 2 rings (SSSR count). The summed E-state index contributed by atoms with van der Waals surface area (Å²) in [6, 6.07) is 3.92. The maximum absolute atomic E-state index is 5.96. The third kappa shape index (κ3) is 2.64. The summed E-state index contributed by atoms with van der Waals surface area (Å²) in [6.45, 7) is 3.88. The van der Waals surface area contributed by atoms with Crippen LogP contribution in [0, 0.1) is 6.92 Å². The van der Waals surface area contributed by atoms with Crippen LogP contribution in [0.3, 0.4) is 0 Å². The fraction of sp³-hybridized carbons (Fsp3) is 0.538. The molecule has 4 heteroatoms. The van der Waals surface area contributed by atoms with E-state index in [1.165, 1.54) is 0 Å². The van der Waals surface area contributed by atoms with Crippen LogP contribution in [0.25, 0.3) is 0 Å². The van der Waals surface area contributed by atoms with Gasteiger partial charge in [-0.25, -0.2) is 0 Å². The van der Waals surface area contributed by atoms with E-state index in [9.17, 15) is 0 Å². The van der Waals surface area contributed by atoms with E-state index < -0.39 is 0 Å². The smallest absolute Gasteiger partial charge is 0.203 e. The van der Waals surface area contributed by atoms with Crippen molar-refractivity contribution in [3.8, 4) is 17.2 Å². The van der Waals surface area contributed by atoms with Crippen molar-refractivity contribution >= 4 is 0 Å². The van der Waals surface area contributed by atoms with Crippen molar-refractivity contribution in [2.75, 3.05) is 27.3 Å². The Kier molecular flexibility index (Phi) is 3.74. The lowest BCUT2D eigenvalue weighted by molar-refractivity contribution is 0.202. The molecule has 1 aliphatic rings. The van der Waals surface area contributed by atoms with E-state index in [4.69, 9.17) is 14.2 Å². The van der Waals surface area contributed by atoms with Gasteiger partial charge >= 0.3 is 0 Å². The maximum atomic E-state index is 5.96. The van der Waals surface area contributed by atoms with Gasteiger partial charge in [-0.3, -0.25) is 0 Å². The molecule has 0 spiro atoms. The second-order valence-electron chi connectivity index (χ2n) is 4.23. The van der Waals surface area contributed by atoms with E-state index in [0.29, 0.717) is 5.75 Å². The highest BCUT2D eigenvalue weighted by molar-refractivity contribution is 5.53. The molecule has 1 N–H and O–H groups in total. The van der Waals surface area contributed by atoms with Crippen molar-refractivity contribution in [3.63, 3.8) is 0 Å². The van der Waals surface area contributed by atoms with Gasteiger partial charge in [0.15, 0.2) is 11.5 Å². The monoisotopic (exact) mass is 237 g/mol. The van der Waals surface area contributed by atoms with Gasteiger partial charge in [0.05, 0.1) is 14.2 Å². The molecule has 17 heavy (non-hydrogen) atoms. The van der Waals surface area contributed by atoms with Crippen LogP contribution in [0.2, 0.25) is 0 Å². The number of methoxy groups -OCH3 is 2. The van der Waals surface area contributed by atoms with Crippen LogP contribution in [0.4, 0.5) is 0 Å². The average molecular weight is 237 g/mol. The lowest BCUT2D eigenvalue weighted by atomic mass is 10.2. The van der Waals surface area contributed by atoms with Crippen molar-refractivity contribution in [2.45, 2.75) is 19.4 Å². The summed E-state index contributed by atoms with van der Waals surface area (Å²) in [7, 11) is 3.29. The Morgan fingerprint density at radius 3 is 2.29 bits per heavy atom.